The minimum Gasteiger partial charge on any atom is -0.423 e. The molecule has 60 valence electrons. The molecule has 0 aliphatic carbocycles. The molecule has 0 amide bonds. The highest BCUT2D eigenvalue weighted by molar-refractivity contribution is 8.00. The van der Waals surface area contributed by atoms with Gasteiger partial charge in [-0.15, -0.1) is 0 Å². The molecule has 0 fully saturated rings. The number of allylic oxidation sites excluding steroid dienone is 3. The maximum atomic E-state index is 11.1. The molecule has 1 heterocycles. The topological polar surface area (TPSA) is 74.6 Å². The summed E-state index contributed by atoms with van der Waals surface area (Å²) in [7, 11) is -5.45. The molecule has 0 unspecified atom stereocenters. The van der Waals surface area contributed by atoms with Crippen LogP contribution in [-0.2, 0) is 9.84 Å². The van der Waals surface area contributed by atoms with Crippen LogP contribution in [0, 0.1) is 0 Å². The second kappa shape index (κ2) is 2.47. The lowest BCUT2D eigenvalue weighted by Crippen LogP contribution is -2.20. The highest BCUT2D eigenvalue weighted by atomic mass is 32.2. The van der Waals surface area contributed by atoms with Crippen molar-refractivity contribution in [2.75, 3.05) is 0 Å². The first-order valence-corrected chi connectivity index (χ1v) is 4.44. The van der Waals surface area contributed by atoms with E-state index < -0.39 is 17.0 Å². The van der Waals surface area contributed by atoms with Crippen LogP contribution in [0.25, 0.3) is 0 Å². The zero-order chi connectivity index (χ0) is 8.65. The van der Waals surface area contributed by atoms with Crippen LogP contribution >= 0.6 is 0 Å². The third-order valence-corrected chi connectivity index (χ3v) is 3.42. The zero-order valence-electron chi connectivity index (χ0n) is 5.85. The summed E-state index contributed by atoms with van der Waals surface area (Å²) in [4.78, 5) is -0.212. The first-order chi connectivity index (χ1) is 4.96. The molecule has 0 aromatic heterocycles. The fraction of sp³-hybridized carbons (Fsp3) is 0.200. The molecule has 0 aromatic rings. The number of rotatable bonds is 1. The maximum absolute atomic E-state index is 11.1. The standard InChI is InChI=1S/C5H7BO4S/c1-4-2-3-5(6(7)8)11(4,9)10/h2-3,7-8H,1H3. The van der Waals surface area contributed by atoms with Gasteiger partial charge < -0.3 is 10.0 Å². The molecule has 2 N–H and O–H groups in total. The van der Waals surface area contributed by atoms with Gasteiger partial charge in [0.05, 0.1) is 4.80 Å². The summed E-state index contributed by atoms with van der Waals surface area (Å²) in [5, 5.41) is 17.2. The highest BCUT2D eigenvalue weighted by Gasteiger charge is 2.32. The third-order valence-electron chi connectivity index (χ3n) is 1.47. The SMILES string of the molecule is CC1=CC=C(B(O)O)S1(=O)=O. The van der Waals surface area contributed by atoms with Crippen LogP contribution in [0.3, 0.4) is 0 Å². The fourth-order valence-corrected chi connectivity index (χ4v) is 1.93. The number of hydrogen-bond donors (Lipinski definition) is 2. The van der Waals surface area contributed by atoms with Crippen LogP contribution in [0.4, 0.5) is 0 Å². The van der Waals surface area contributed by atoms with E-state index in [0.717, 1.165) is 0 Å². The normalized spacial score (nSPS) is 21.0. The molecular weight excluding hydrogens is 167 g/mol. The van der Waals surface area contributed by atoms with Crippen molar-refractivity contribution in [2.45, 2.75) is 6.92 Å². The van der Waals surface area contributed by atoms with Crippen molar-refractivity contribution in [1.82, 2.24) is 0 Å². The van der Waals surface area contributed by atoms with E-state index in [4.69, 9.17) is 10.0 Å². The predicted octanol–water partition coefficient (Wildman–Crippen LogP) is -0.785. The summed E-state index contributed by atoms with van der Waals surface area (Å²) in [6, 6.07) is 0. The van der Waals surface area contributed by atoms with Crippen LogP contribution in [0.5, 0.6) is 0 Å². The Balaban J connectivity index is 3.13. The van der Waals surface area contributed by atoms with E-state index in [2.05, 4.69) is 0 Å². The third kappa shape index (κ3) is 1.24. The van der Waals surface area contributed by atoms with Crippen LogP contribution in [0.1, 0.15) is 6.92 Å². The average Bonchev–Trinajstić information content (AvgIpc) is 2.08. The fourth-order valence-electron chi connectivity index (χ4n) is 0.789. The molecule has 0 saturated heterocycles. The van der Waals surface area contributed by atoms with Gasteiger partial charge in [-0.2, -0.15) is 0 Å². The van der Waals surface area contributed by atoms with Gasteiger partial charge in [0, 0.05) is 4.91 Å². The lowest BCUT2D eigenvalue weighted by Gasteiger charge is -2.00. The molecule has 0 bridgehead atoms. The van der Waals surface area contributed by atoms with Crippen molar-refractivity contribution >= 4 is 17.0 Å². The molecule has 4 nitrogen and oxygen atoms in total. The minimum absolute atomic E-state index is 0.139. The van der Waals surface area contributed by atoms with Crippen molar-refractivity contribution in [3.8, 4) is 0 Å². The van der Waals surface area contributed by atoms with Gasteiger partial charge in [-0.25, -0.2) is 8.42 Å². The molecule has 0 saturated carbocycles. The van der Waals surface area contributed by atoms with E-state index in [1.807, 2.05) is 0 Å². The second-order valence-electron chi connectivity index (χ2n) is 2.22. The van der Waals surface area contributed by atoms with Crippen LogP contribution in [0.2, 0.25) is 0 Å². The molecule has 0 atom stereocenters. The van der Waals surface area contributed by atoms with Crippen molar-refractivity contribution in [3.63, 3.8) is 0 Å². The Bertz CT molecular complexity index is 324. The monoisotopic (exact) mass is 174 g/mol. The quantitative estimate of drug-likeness (QED) is 0.511. The maximum Gasteiger partial charge on any atom is 0.500 e. The summed E-state index contributed by atoms with van der Waals surface area (Å²) in [6.07, 6.45) is 2.53. The number of sulfone groups is 1. The number of hydrogen-bond acceptors (Lipinski definition) is 4. The van der Waals surface area contributed by atoms with Gasteiger partial charge in [0.2, 0.25) is 0 Å². The molecule has 0 spiro atoms. The van der Waals surface area contributed by atoms with Crippen molar-refractivity contribution < 1.29 is 18.5 Å². The van der Waals surface area contributed by atoms with Crippen LogP contribution in [-0.4, -0.2) is 25.6 Å². The molecule has 1 aliphatic heterocycles. The lowest BCUT2D eigenvalue weighted by molar-refractivity contribution is 0.422. The summed E-state index contributed by atoms with van der Waals surface area (Å²) >= 11 is 0. The summed E-state index contributed by atoms with van der Waals surface area (Å²) < 4.78 is 22.2. The largest absolute Gasteiger partial charge is 0.500 e. The molecule has 0 aromatic carbocycles. The van der Waals surface area contributed by atoms with Crippen molar-refractivity contribution in [1.29, 1.82) is 0 Å². The van der Waals surface area contributed by atoms with Gasteiger partial charge in [-0.3, -0.25) is 0 Å². The Morgan fingerprint density at radius 1 is 1.36 bits per heavy atom. The molecule has 6 heteroatoms. The van der Waals surface area contributed by atoms with E-state index in [-0.39, 0.29) is 9.71 Å². The second-order valence-corrected chi connectivity index (χ2v) is 4.35. The molecule has 0 radical (unpaired) electrons. The minimum atomic E-state index is -3.54. The van der Waals surface area contributed by atoms with E-state index >= 15 is 0 Å². The van der Waals surface area contributed by atoms with Gasteiger partial charge in [0.25, 0.3) is 0 Å². The Morgan fingerprint density at radius 2 is 1.91 bits per heavy atom. The molecule has 1 aliphatic rings. The van der Waals surface area contributed by atoms with Gasteiger partial charge in [0.1, 0.15) is 0 Å². The zero-order valence-corrected chi connectivity index (χ0v) is 6.67. The Morgan fingerprint density at radius 3 is 2.09 bits per heavy atom. The smallest absolute Gasteiger partial charge is 0.423 e. The van der Waals surface area contributed by atoms with Gasteiger partial charge in [-0.1, -0.05) is 0 Å². The van der Waals surface area contributed by atoms with E-state index in [1.54, 1.807) is 0 Å². The average molecular weight is 174 g/mol. The summed E-state index contributed by atoms with van der Waals surface area (Å²) in [6.45, 7) is 1.40. The Kier molecular flexibility index (Phi) is 1.91. The molecular formula is C5H7BO4S. The van der Waals surface area contributed by atoms with E-state index in [9.17, 15) is 8.42 Å². The van der Waals surface area contributed by atoms with Crippen LogP contribution in [0.15, 0.2) is 21.9 Å². The first-order valence-electron chi connectivity index (χ1n) is 2.96. The molecule has 1 rings (SSSR count). The lowest BCUT2D eigenvalue weighted by atomic mass is 9.91. The highest BCUT2D eigenvalue weighted by Crippen LogP contribution is 2.23. The van der Waals surface area contributed by atoms with E-state index in [0.29, 0.717) is 0 Å². The predicted molar refractivity (Wildman–Crippen MR) is 41.0 cm³/mol. The van der Waals surface area contributed by atoms with Crippen molar-refractivity contribution in [3.05, 3.63) is 21.9 Å². The van der Waals surface area contributed by atoms with Crippen LogP contribution < -0.4 is 0 Å². The summed E-state index contributed by atoms with van der Waals surface area (Å²) in [5.74, 6) is 0. The van der Waals surface area contributed by atoms with Gasteiger partial charge in [0.15, 0.2) is 9.84 Å². The van der Waals surface area contributed by atoms with Gasteiger partial charge >= 0.3 is 7.12 Å². The summed E-state index contributed by atoms with van der Waals surface area (Å²) in [5.41, 5.74) is 0. The van der Waals surface area contributed by atoms with E-state index in [1.165, 1.54) is 19.1 Å². The first kappa shape index (κ1) is 8.51. The Labute approximate surface area is 64.9 Å². The Hall–Kier alpha value is -0.585. The van der Waals surface area contributed by atoms with Gasteiger partial charge in [-0.05, 0) is 19.1 Å². The molecule has 11 heavy (non-hydrogen) atoms. The van der Waals surface area contributed by atoms with Crippen molar-refractivity contribution in [2.24, 2.45) is 0 Å².